The van der Waals surface area contributed by atoms with Gasteiger partial charge in [-0.1, -0.05) is 66.2 Å². The molecule has 4 aromatic carbocycles. The first-order valence-corrected chi connectivity index (χ1v) is 14.1. The predicted molar refractivity (Wildman–Crippen MR) is 149 cm³/mol. The fourth-order valence-corrected chi connectivity index (χ4v) is 6.69. The van der Waals surface area contributed by atoms with Gasteiger partial charge in [0.2, 0.25) is 10.0 Å². The number of aliphatic carboxylic acids is 2. The number of hydrogen-bond donors (Lipinski definition) is 2. The molecular weight excluding hydrogens is 554 g/mol. The second-order valence-corrected chi connectivity index (χ2v) is 11.7. The molecule has 1 aliphatic rings. The summed E-state index contributed by atoms with van der Waals surface area (Å²) in [6, 6.07) is 28.6. The van der Waals surface area contributed by atoms with Crippen molar-refractivity contribution in [3.63, 3.8) is 0 Å². The van der Waals surface area contributed by atoms with Gasteiger partial charge in [-0.3, -0.25) is 9.59 Å². The molecular formula is C30H24ClNO7S. The Kier molecular flexibility index (Phi) is 7.37. The molecule has 40 heavy (non-hydrogen) atoms. The Balaban J connectivity index is 1.48. The van der Waals surface area contributed by atoms with Crippen LogP contribution in [0.4, 0.5) is 0 Å². The lowest BCUT2D eigenvalue weighted by Gasteiger charge is -2.28. The van der Waals surface area contributed by atoms with E-state index in [1.54, 1.807) is 72.8 Å². The lowest BCUT2D eigenvalue weighted by Crippen LogP contribution is -2.50. The van der Waals surface area contributed by atoms with Crippen molar-refractivity contribution in [2.45, 2.75) is 22.8 Å². The third kappa shape index (κ3) is 5.31. The molecule has 0 aliphatic heterocycles. The smallest absolute Gasteiger partial charge is 0.325 e. The number of halogens is 1. The summed E-state index contributed by atoms with van der Waals surface area (Å²) in [6.45, 7) is -1.01. The van der Waals surface area contributed by atoms with E-state index in [4.69, 9.17) is 16.3 Å². The number of para-hydroxylation sites is 1. The Hall–Kier alpha value is -4.18. The minimum absolute atomic E-state index is 0.0908. The van der Waals surface area contributed by atoms with Crippen LogP contribution in [0, 0.1) is 0 Å². The summed E-state index contributed by atoms with van der Waals surface area (Å²) in [5.74, 6) is -2.65. The molecule has 2 N–H and O–H groups in total. The standard InChI is InChI=1S/C30H24ClNO7S/c31-23-13-9-20(10-14-23)21-11-15-26(16-12-21)40(37,38)32(19-28(33)34)30(29(35)36)18-27(30)22-5-4-8-25(17-22)39-24-6-2-1-3-7-24/h1-17,27H,18-19H2,(H,33,34)(H,35,36). The number of hydrogen-bond acceptors (Lipinski definition) is 5. The second kappa shape index (κ2) is 10.8. The van der Waals surface area contributed by atoms with Gasteiger partial charge >= 0.3 is 11.9 Å². The molecule has 0 heterocycles. The lowest BCUT2D eigenvalue weighted by atomic mass is 10.1. The van der Waals surface area contributed by atoms with E-state index in [0.717, 1.165) is 5.56 Å². The highest BCUT2D eigenvalue weighted by molar-refractivity contribution is 7.89. The Labute approximate surface area is 236 Å². The Morgan fingerprint density at radius 2 is 1.45 bits per heavy atom. The molecule has 1 aliphatic carbocycles. The minimum Gasteiger partial charge on any atom is -0.480 e. The van der Waals surface area contributed by atoms with E-state index in [1.165, 1.54) is 12.1 Å². The fourth-order valence-electron chi connectivity index (χ4n) is 4.84. The highest BCUT2D eigenvalue weighted by Gasteiger charge is 2.68. The number of carbonyl (C=O) groups is 2. The molecule has 2 atom stereocenters. The molecule has 4 aromatic rings. The first-order chi connectivity index (χ1) is 19.1. The summed E-state index contributed by atoms with van der Waals surface area (Å²) < 4.78 is 34.0. The second-order valence-electron chi connectivity index (χ2n) is 9.41. The topological polar surface area (TPSA) is 121 Å². The number of sulfonamides is 1. The van der Waals surface area contributed by atoms with E-state index < -0.39 is 40.0 Å². The van der Waals surface area contributed by atoms with E-state index in [1.807, 2.05) is 18.2 Å². The minimum atomic E-state index is -4.52. The molecule has 10 heteroatoms. The van der Waals surface area contributed by atoms with Crippen molar-refractivity contribution in [3.8, 4) is 22.6 Å². The molecule has 204 valence electrons. The third-order valence-electron chi connectivity index (χ3n) is 6.89. The van der Waals surface area contributed by atoms with Crippen LogP contribution < -0.4 is 4.74 Å². The quantitative estimate of drug-likeness (QED) is 0.241. The highest BCUT2D eigenvalue weighted by Crippen LogP contribution is 2.57. The van der Waals surface area contributed by atoms with Crippen LogP contribution in [-0.2, 0) is 19.6 Å². The van der Waals surface area contributed by atoms with Crippen molar-refractivity contribution in [1.29, 1.82) is 0 Å². The lowest BCUT2D eigenvalue weighted by molar-refractivity contribution is -0.145. The van der Waals surface area contributed by atoms with Crippen molar-refractivity contribution in [1.82, 2.24) is 4.31 Å². The van der Waals surface area contributed by atoms with Crippen LogP contribution in [0.3, 0.4) is 0 Å². The van der Waals surface area contributed by atoms with Crippen molar-refractivity contribution in [2.24, 2.45) is 0 Å². The summed E-state index contributed by atoms with van der Waals surface area (Å²) in [7, 11) is -4.52. The summed E-state index contributed by atoms with van der Waals surface area (Å²) in [5.41, 5.74) is 0.0715. The number of nitrogens with zero attached hydrogens (tertiary/aromatic N) is 1. The number of carboxylic acid groups (broad SMARTS) is 2. The van der Waals surface area contributed by atoms with Crippen LogP contribution in [0.25, 0.3) is 11.1 Å². The van der Waals surface area contributed by atoms with E-state index in [2.05, 4.69) is 0 Å². The Morgan fingerprint density at radius 3 is 2.05 bits per heavy atom. The fraction of sp³-hybridized carbons (Fsp3) is 0.133. The average molecular weight is 578 g/mol. The maximum atomic E-state index is 13.8. The van der Waals surface area contributed by atoms with E-state index in [9.17, 15) is 28.2 Å². The zero-order valence-corrected chi connectivity index (χ0v) is 22.5. The molecule has 0 amide bonds. The summed E-state index contributed by atoms with van der Waals surface area (Å²) in [6.07, 6.45) is -0.0908. The summed E-state index contributed by atoms with van der Waals surface area (Å²) in [4.78, 5) is 24.3. The maximum Gasteiger partial charge on any atom is 0.325 e. The summed E-state index contributed by atoms with van der Waals surface area (Å²) in [5, 5.41) is 20.5. The maximum absolute atomic E-state index is 13.8. The van der Waals surface area contributed by atoms with Gasteiger partial charge in [0.15, 0.2) is 0 Å². The van der Waals surface area contributed by atoms with Crippen LogP contribution in [0.15, 0.2) is 108 Å². The summed E-state index contributed by atoms with van der Waals surface area (Å²) >= 11 is 5.95. The zero-order valence-electron chi connectivity index (χ0n) is 21.0. The first-order valence-electron chi connectivity index (χ1n) is 12.3. The van der Waals surface area contributed by atoms with Gasteiger partial charge in [-0.05, 0) is 71.6 Å². The molecule has 8 nitrogen and oxygen atoms in total. The molecule has 1 saturated carbocycles. The van der Waals surface area contributed by atoms with Gasteiger partial charge in [-0.2, -0.15) is 4.31 Å². The van der Waals surface area contributed by atoms with Crippen molar-refractivity contribution < 1.29 is 33.0 Å². The van der Waals surface area contributed by atoms with Crippen LogP contribution in [0.1, 0.15) is 17.9 Å². The van der Waals surface area contributed by atoms with Crippen molar-refractivity contribution in [2.75, 3.05) is 6.54 Å². The van der Waals surface area contributed by atoms with Crippen LogP contribution in [0.5, 0.6) is 11.5 Å². The normalized spacial score (nSPS) is 18.3. The van der Waals surface area contributed by atoms with Gasteiger partial charge in [0.05, 0.1) is 4.90 Å². The zero-order chi connectivity index (χ0) is 28.5. The first kappa shape index (κ1) is 27.4. The van der Waals surface area contributed by atoms with E-state index in [0.29, 0.717) is 32.0 Å². The average Bonchev–Trinajstić information content (AvgIpc) is 3.70. The van der Waals surface area contributed by atoms with Gasteiger partial charge in [0.1, 0.15) is 23.6 Å². The number of ether oxygens (including phenoxy) is 1. The van der Waals surface area contributed by atoms with Gasteiger partial charge in [0.25, 0.3) is 0 Å². The molecule has 0 saturated heterocycles. The van der Waals surface area contributed by atoms with Gasteiger partial charge in [0, 0.05) is 10.9 Å². The molecule has 2 unspecified atom stereocenters. The predicted octanol–water partition coefficient (Wildman–Crippen LogP) is 5.89. The third-order valence-corrected chi connectivity index (χ3v) is 9.04. The molecule has 0 spiro atoms. The van der Waals surface area contributed by atoms with Gasteiger partial charge in [-0.25, -0.2) is 8.42 Å². The molecule has 1 fully saturated rings. The van der Waals surface area contributed by atoms with Gasteiger partial charge in [-0.15, -0.1) is 0 Å². The molecule has 5 rings (SSSR count). The highest BCUT2D eigenvalue weighted by atomic mass is 35.5. The monoisotopic (exact) mass is 577 g/mol. The SMILES string of the molecule is O=C(O)CN(C1(C(=O)O)CC1c1cccc(Oc2ccccc2)c1)S(=O)(=O)c1ccc(-c2ccc(Cl)cc2)cc1. The van der Waals surface area contributed by atoms with Gasteiger partial charge < -0.3 is 14.9 Å². The Bertz CT molecular complexity index is 1660. The molecule has 0 bridgehead atoms. The van der Waals surface area contributed by atoms with E-state index in [-0.39, 0.29) is 11.3 Å². The van der Waals surface area contributed by atoms with E-state index >= 15 is 0 Å². The van der Waals surface area contributed by atoms with Crippen LogP contribution >= 0.6 is 11.6 Å². The Morgan fingerprint density at radius 1 is 0.850 bits per heavy atom. The van der Waals surface area contributed by atoms with Crippen molar-refractivity contribution in [3.05, 3.63) is 114 Å². The largest absolute Gasteiger partial charge is 0.480 e. The molecule has 0 aromatic heterocycles. The van der Waals surface area contributed by atoms with Crippen LogP contribution in [-0.4, -0.2) is 47.0 Å². The molecule has 0 radical (unpaired) electrons. The number of rotatable bonds is 10. The number of carboxylic acids is 2. The number of benzene rings is 4. The van der Waals surface area contributed by atoms with Crippen LogP contribution in [0.2, 0.25) is 5.02 Å². The van der Waals surface area contributed by atoms with Crippen molar-refractivity contribution >= 4 is 33.6 Å².